The normalized spacial score (nSPS) is 20.6. The van der Waals surface area contributed by atoms with Crippen molar-refractivity contribution in [3.8, 4) is 0 Å². The van der Waals surface area contributed by atoms with Gasteiger partial charge in [-0.1, -0.05) is 35.3 Å². The van der Waals surface area contributed by atoms with Crippen LogP contribution < -0.4 is 15.3 Å². The molecule has 0 N–H and O–H groups in total. The second-order valence-electron chi connectivity index (χ2n) is 8.37. The molecule has 0 aromatic heterocycles. The lowest BCUT2D eigenvalue weighted by Gasteiger charge is -2.32. The van der Waals surface area contributed by atoms with Crippen molar-refractivity contribution < 1.29 is 14.1 Å². The molecule has 2 heterocycles. The van der Waals surface area contributed by atoms with E-state index >= 15 is 0 Å². The van der Waals surface area contributed by atoms with Gasteiger partial charge in [-0.15, -0.1) is 0 Å². The van der Waals surface area contributed by atoms with Gasteiger partial charge in [0.2, 0.25) is 0 Å². The minimum atomic E-state index is -0.469. The zero-order valence-electron chi connectivity index (χ0n) is 16.9. The van der Waals surface area contributed by atoms with E-state index < -0.39 is 18.3 Å². The summed E-state index contributed by atoms with van der Waals surface area (Å²) in [6, 6.07) is 12.9. The number of benzene rings is 2. The van der Waals surface area contributed by atoms with Gasteiger partial charge in [-0.05, 0) is 63.5 Å². The molecule has 2 aromatic carbocycles. The number of amides is 2. The van der Waals surface area contributed by atoms with Gasteiger partial charge in [-0.2, -0.15) is 0 Å². The van der Waals surface area contributed by atoms with Crippen LogP contribution in [0.2, 0.25) is 10.0 Å². The van der Waals surface area contributed by atoms with Crippen molar-refractivity contribution in [1.82, 2.24) is 0 Å². The van der Waals surface area contributed by atoms with Gasteiger partial charge in [0, 0.05) is 24.5 Å². The van der Waals surface area contributed by atoms with Crippen molar-refractivity contribution in [2.45, 2.75) is 38.9 Å². The fraction of sp³-hybridized carbons (Fsp3) is 0.381. The Morgan fingerprint density at radius 2 is 1.45 bits per heavy atom. The van der Waals surface area contributed by atoms with E-state index in [1.165, 1.54) is 0 Å². The van der Waals surface area contributed by atoms with Gasteiger partial charge in [-0.3, -0.25) is 9.80 Å². The third-order valence-corrected chi connectivity index (χ3v) is 6.67. The van der Waals surface area contributed by atoms with E-state index in [0.29, 0.717) is 23.1 Å². The first-order chi connectivity index (χ1) is 13.6. The highest BCUT2D eigenvalue weighted by Crippen LogP contribution is 2.37. The van der Waals surface area contributed by atoms with Crippen LogP contribution in [0.1, 0.15) is 27.7 Å². The summed E-state index contributed by atoms with van der Waals surface area (Å²) >= 11 is 12.1. The monoisotopic (exact) mass is 432 g/mol. The smallest absolute Gasteiger partial charge is 0.399 e. The molecule has 0 spiro atoms. The molecule has 0 saturated carbocycles. The minimum Gasteiger partial charge on any atom is -0.399 e. The van der Waals surface area contributed by atoms with Crippen molar-refractivity contribution in [3.63, 3.8) is 0 Å². The maximum atomic E-state index is 13.1. The first kappa shape index (κ1) is 20.5. The Morgan fingerprint density at radius 1 is 0.862 bits per heavy atom. The summed E-state index contributed by atoms with van der Waals surface area (Å²) in [4.78, 5) is 16.5. The molecule has 2 saturated heterocycles. The van der Waals surface area contributed by atoms with E-state index in [4.69, 9.17) is 32.5 Å². The number of anilines is 2. The largest absolute Gasteiger partial charge is 0.494 e. The summed E-state index contributed by atoms with van der Waals surface area (Å²) in [5, 5.41) is 0.896. The van der Waals surface area contributed by atoms with Gasteiger partial charge >= 0.3 is 13.1 Å². The Morgan fingerprint density at radius 3 is 2.03 bits per heavy atom. The molecule has 4 rings (SSSR count). The third kappa shape index (κ3) is 3.63. The molecule has 2 amide bonds. The summed E-state index contributed by atoms with van der Waals surface area (Å²) in [7, 11) is -0.469. The average molecular weight is 433 g/mol. The van der Waals surface area contributed by atoms with Crippen molar-refractivity contribution in [3.05, 3.63) is 52.5 Å². The number of nitrogens with zero attached hydrogens (tertiary/aromatic N) is 2. The molecule has 2 aliphatic heterocycles. The standard InChI is InChI=1S/C21H23BCl2N2O3/c1-20(2)21(3,4)29-22(28-20)14-6-5-7-15(12-14)25-10-11-26(19(25)27)16-8-9-17(23)18(24)13-16/h5-9,12-13H,10-11H2,1-4H3. The van der Waals surface area contributed by atoms with Crippen molar-refractivity contribution >= 4 is 53.2 Å². The molecular weight excluding hydrogens is 410 g/mol. The predicted molar refractivity (Wildman–Crippen MR) is 119 cm³/mol. The van der Waals surface area contributed by atoms with E-state index in [2.05, 4.69) is 0 Å². The highest BCUT2D eigenvalue weighted by molar-refractivity contribution is 6.62. The molecule has 0 unspecified atom stereocenters. The molecule has 0 bridgehead atoms. The van der Waals surface area contributed by atoms with E-state index in [1.54, 1.807) is 28.0 Å². The van der Waals surface area contributed by atoms with Crippen LogP contribution >= 0.6 is 23.2 Å². The number of urea groups is 1. The summed E-state index contributed by atoms with van der Waals surface area (Å²) in [5.41, 5.74) is 1.60. The zero-order chi connectivity index (χ0) is 21.0. The van der Waals surface area contributed by atoms with Gasteiger partial charge < -0.3 is 9.31 Å². The molecule has 0 radical (unpaired) electrons. The fourth-order valence-corrected chi connectivity index (χ4v) is 3.78. The molecule has 29 heavy (non-hydrogen) atoms. The first-order valence-electron chi connectivity index (χ1n) is 9.59. The van der Waals surface area contributed by atoms with Crippen LogP contribution in [0.3, 0.4) is 0 Å². The number of rotatable bonds is 3. The van der Waals surface area contributed by atoms with Crippen LogP contribution in [0.5, 0.6) is 0 Å². The Bertz CT molecular complexity index is 951. The topological polar surface area (TPSA) is 42.0 Å². The highest BCUT2D eigenvalue weighted by Gasteiger charge is 2.51. The Labute approximate surface area is 181 Å². The number of carbonyl (C=O) groups excluding carboxylic acids is 1. The molecule has 152 valence electrons. The highest BCUT2D eigenvalue weighted by atomic mass is 35.5. The van der Waals surface area contributed by atoms with Crippen LogP contribution in [0.15, 0.2) is 42.5 Å². The first-order valence-corrected chi connectivity index (χ1v) is 10.3. The van der Waals surface area contributed by atoms with Crippen LogP contribution in [0, 0.1) is 0 Å². The number of hydrogen-bond donors (Lipinski definition) is 0. The molecule has 2 aliphatic rings. The summed E-state index contributed by atoms with van der Waals surface area (Å²) < 4.78 is 12.3. The molecule has 0 aliphatic carbocycles. The summed E-state index contributed by atoms with van der Waals surface area (Å²) in [6.07, 6.45) is 0. The number of carbonyl (C=O) groups is 1. The molecule has 0 atom stereocenters. The lowest BCUT2D eigenvalue weighted by molar-refractivity contribution is 0.00578. The quantitative estimate of drug-likeness (QED) is 0.657. The van der Waals surface area contributed by atoms with Crippen molar-refractivity contribution in [1.29, 1.82) is 0 Å². The summed E-state index contributed by atoms with van der Waals surface area (Å²) in [6.45, 7) is 9.24. The van der Waals surface area contributed by atoms with Gasteiger partial charge in [0.15, 0.2) is 0 Å². The fourth-order valence-electron chi connectivity index (χ4n) is 3.49. The summed E-state index contributed by atoms with van der Waals surface area (Å²) in [5.74, 6) is 0. The van der Waals surface area contributed by atoms with Crippen molar-refractivity contribution in [2.75, 3.05) is 22.9 Å². The lowest BCUT2D eigenvalue weighted by Crippen LogP contribution is -2.41. The Hall–Kier alpha value is -1.73. The van der Waals surface area contributed by atoms with Gasteiger partial charge in [0.05, 0.1) is 21.2 Å². The zero-order valence-corrected chi connectivity index (χ0v) is 18.4. The Kier molecular flexibility index (Phi) is 5.10. The Balaban J connectivity index is 1.56. The van der Waals surface area contributed by atoms with E-state index in [9.17, 15) is 4.79 Å². The van der Waals surface area contributed by atoms with Crippen LogP contribution in [-0.4, -0.2) is 37.4 Å². The minimum absolute atomic E-state index is 0.102. The molecule has 5 nitrogen and oxygen atoms in total. The molecule has 2 fully saturated rings. The molecular formula is C21H23BCl2N2O3. The number of hydrogen-bond acceptors (Lipinski definition) is 3. The molecule has 2 aromatic rings. The van der Waals surface area contributed by atoms with E-state index in [0.717, 1.165) is 16.8 Å². The van der Waals surface area contributed by atoms with E-state index in [-0.39, 0.29) is 6.03 Å². The maximum absolute atomic E-state index is 13.1. The van der Waals surface area contributed by atoms with Gasteiger partial charge in [0.1, 0.15) is 0 Å². The number of halogens is 2. The maximum Gasteiger partial charge on any atom is 0.494 e. The van der Waals surface area contributed by atoms with Crippen molar-refractivity contribution in [2.24, 2.45) is 0 Å². The third-order valence-electron chi connectivity index (χ3n) is 5.93. The van der Waals surface area contributed by atoms with E-state index in [1.807, 2.05) is 52.0 Å². The molecule has 8 heteroatoms. The van der Waals surface area contributed by atoms with Crippen LogP contribution in [0.25, 0.3) is 0 Å². The predicted octanol–water partition coefficient (Wildman–Crippen LogP) is 4.74. The van der Waals surface area contributed by atoms with Gasteiger partial charge in [-0.25, -0.2) is 4.79 Å². The van der Waals surface area contributed by atoms with Gasteiger partial charge in [0.25, 0.3) is 0 Å². The second-order valence-corrected chi connectivity index (χ2v) is 9.18. The average Bonchev–Trinajstić information content (AvgIpc) is 3.14. The lowest BCUT2D eigenvalue weighted by atomic mass is 9.79. The SMILES string of the molecule is CC1(C)OB(c2cccc(N3CCN(c4ccc(Cl)c(Cl)c4)C3=O)c2)OC1(C)C. The van der Waals surface area contributed by atoms with Crippen LogP contribution in [0.4, 0.5) is 16.2 Å². The second kappa shape index (κ2) is 7.20. The van der Waals surface area contributed by atoms with Crippen LogP contribution in [-0.2, 0) is 9.31 Å².